The molecule has 2 aromatic carbocycles. The van der Waals surface area contributed by atoms with E-state index < -0.39 is 10.0 Å². The van der Waals surface area contributed by atoms with Crippen molar-refractivity contribution in [1.82, 2.24) is 0 Å². The molecule has 0 bridgehead atoms. The molecule has 0 aliphatic heterocycles. The molecule has 0 heterocycles. The maximum atomic E-state index is 11.6. The van der Waals surface area contributed by atoms with Gasteiger partial charge in [-0.1, -0.05) is 30.3 Å². The van der Waals surface area contributed by atoms with Gasteiger partial charge >= 0.3 is 0 Å². The number of benzene rings is 2. The minimum Gasteiger partial charge on any atom is -0.489 e. The van der Waals surface area contributed by atoms with Crippen LogP contribution in [0.3, 0.4) is 0 Å². The third-order valence-corrected chi connectivity index (χ3v) is 3.44. The van der Waals surface area contributed by atoms with Crippen molar-refractivity contribution in [2.75, 3.05) is 0 Å². The Morgan fingerprint density at radius 3 is 2.39 bits per heavy atom. The summed E-state index contributed by atoms with van der Waals surface area (Å²) in [5.74, 6) is 0.325. The number of primary sulfonamides is 1. The zero-order valence-corrected chi connectivity index (χ0v) is 11.1. The van der Waals surface area contributed by atoms with Gasteiger partial charge in [0, 0.05) is 5.39 Å². The molecular weight excluding hydrogens is 250 g/mol. The van der Waals surface area contributed by atoms with Gasteiger partial charge in [-0.25, -0.2) is 13.6 Å². The molecule has 0 saturated heterocycles. The number of rotatable bonds is 3. The van der Waals surface area contributed by atoms with Crippen molar-refractivity contribution in [2.24, 2.45) is 5.14 Å². The first kappa shape index (κ1) is 12.9. The lowest BCUT2D eigenvalue weighted by Gasteiger charge is -2.15. The highest BCUT2D eigenvalue weighted by atomic mass is 32.2. The highest BCUT2D eigenvalue weighted by Gasteiger charge is 2.18. The van der Waals surface area contributed by atoms with Crippen LogP contribution in [-0.4, -0.2) is 14.5 Å². The normalized spacial score (nSPS) is 12.0. The van der Waals surface area contributed by atoms with E-state index in [1.54, 1.807) is 6.07 Å². The average Bonchev–Trinajstić information content (AvgIpc) is 2.27. The van der Waals surface area contributed by atoms with Crippen LogP contribution >= 0.6 is 0 Å². The number of nitrogens with two attached hydrogens (primary N) is 1. The number of fused-ring (bicyclic) bond motifs is 1. The van der Waals surface area contributed by atoms with Crippen LogP contribution in [0.5, 0.6) is 5.75 Å². The standard InChI is InChI=1S/C13H15NO3S/c1-9(2)17-13-11-6-4-3-5-10(11)7-8-12(13)18(14,15)16/h3-9H,1-2H3,(H2,14,15,16). The largest absolute Gasteiger partial charge is 0.489 e. The van der Waals surface area contributed by atoms with Crippen LogP contribution in [0.4, 0.5) is 0 Å². The number of ether oxygens (including phenoxy) is 1. The molecule has 0 saturated carbocycles. The van der Waals surface area contributed by atoms with Gasteiger partial charge in [0.2, 0.25) is 10.0 Å². The molecule has 2 rings (SSSR count). The third kappa shape index (κ3) is 2.47. The smallest absolute Gasteiger partial charge is 0.241 e. The summed E-state index contributed by atoms with van der Waals surface area (Å²) < 4.78 is 28.8. The zero-order chi connectivity index (χ0) is 13.3. The van der Waals surface area contributed by atoms with Crippen LogP contribution in [-0.2, 0) is 10.0 Å². The Balaban J connectivity index is 2.79. The first-order valence-corrected chi connectivity index (χ1v) is 7.15. The van der Waals surface area contributed by atoms with E-state index in [2.05, 4.69) is 0 Å². The fraction of sp³-hybridized carbons (Fsp3) is 0.231. The van der Waals surface area contributed by atoms with Crippen molar-refractivity contribution in [1.29, 1.82) is 0 Å². The van der Waals surface area contributed by atoms with E-state index in [0.717, 1.165) is 10.8 Å². The highest BCUT2D eigenvalue weighted by molar-refractivity contribution is 7.89. The maximum Gasteiger partial charge on any atom is 0.241 e. The van der Waals surface area contributed by atoms with Gasteiger partial charge in [0.05, 0.1) is 6.10 Å². The molecule has 0 spiro atoms. The van der Waals surface area contributed by atoms with Gasteiger partial charge in [-0.2, -0.15) is 0 Å². The predicted molar refractivity (Wildman–Crippen MR) is 71.1 cm³/mol. The number of hydrogen-bond acceptors (Lipinski definition) is 3. The highest BCUT2D eigenvalue weighted by Crippen LogP contribution is 2.33. The molecule has 0 aliphatic rings. The second-order valence-electron chi connectivity index (χ2n) is 4.33. The van der Waals surface area contributed by atoms with E-state index in [-0.39, 0.29) is 11.0 Å². The molecule has 0 amide bonds. The summed E-state index contributed by atoms with van der Waals surface area (Å²) in [5, 5.41) is 6.88. The van der Waals surface area contributed by atoms with Gasteiger partial charge in [-0.15, -0.1) is 0 Å². The van der Waals surface area contributed by atoms with E-state index in [4.69, 9.17) is 9.88 Å². The molecule has 4 nitrogen and oxygen atoms in total. The molecular formula is C13H15NO3S. The Morgan fingerprint density at radius 2 is 1.78 bits per heavy atom. The van der Waals surface area contributed by atoms with Crippen molar-refractivity contribution in [2.45, 2.75) is 24.8 Å². The lowest BCUT2D eigenvalue weighted by Crippen LogP contribution is -2.16. The molecule has 18 heavy (non-hydrogen) atoms. The van der Waals surface area contributed by atoms with Crippen molar-refractivity contribution >= 4 is 20.8 Å². The van der Waals surface area contributed by atoms with Crippen LogP contribution in [0.1, 0.15) is 13.8 Å². The van der Waals surface area contributed by atoms with E-state index in [0.29, 0.717) is 5.75 Å². The van der Waals surface area contributed by atoms with Gasteiger partial charge < -0.3 is 4.74 Å². The fourth-order valence-electron chi connectivity index (χ4n) is 1.80. The topological polar surface area (TPSA) is 69.4 Å². The first-order valence-electron chi connectivity index (χ1n) is 5.61. The molecule has 0 radical (unpaired) electrons. The zero-order valence-electron chi connectivity index (χ0n) is 10.3. The summed E-state index contributed by atoms with van der Waals surface area (Å²) in [4.78, 5) is 0.0231. The van der Waals surface area contributed by atoms with Gasteiger partial charge in [0.15, 0.2) is 0 Å². The number of hydrogen-bond donors (Lipinski definition) is 1. The summed E-state index contributed by atoms with van der Waals surface area (Å²) >= 11 is 0. The summed E-state index contributed by atoms with van der Waals surface area (Å²) in [6.07, 6.45) is -0.128. The Morgan fingerprint density at radius 1 is 1.11 bits per heavy atom. The second-order valence-corrected chi connectivity index (χ2v) is 5.86. The maximum absolute atomic E-state index is 11.6. The van der Waals surface area contributed by atoms with Crippen LogP contribution in [0.2, 0.25) is 0 Å². The minimum atomic E-state index is -3.80. The molecule has 0 aliphatic carbocycles. The summed E-state index contributed by atoms with van der Waals surface area (Å²) in [6, 6.07) is 10.6. The molecule has 5 heteroatoms. The van der Waals surface area contributed by atoms with Crippen LogP contribution in [0.15, 0.2) is 41.3 Å². The molecule has 2 N–H and O–H groups in total. The van der Waals surface area contributed by atoms with Crippen molar-refractivity contribution < 1.29 is 13.2 Å². The lowest BCUT2D eigenvalue weighted by atomic mass is 10.1. The molecule has 0 atom stereocenters. The van der Waals surface area contributed by atoms with E-state index in [1.165, 1.54) is 6.07 Å². The Hall–Kier alpha value is -1.59. The van der Waals surface area contributed by atoms with Crippen molar-refractivity contribution in [3.8, 4) is 5.75 Å². The Kier molecular flexibility index (Phi) is 3.28. The SMILES string of the molecule is CC(C)Oc1c(S(N)(=O)=O)ccc2ccccc12. The Bertz CT molecular complexity index is 678. The van der Waals surface area contributed by atoms with E-state index in [1.807, 2.05) is 38.1 Å². The number of sulfonamides is 1. The predicted octanol–water partition coefficient (Wildman–Crippen LogP) is 2.27. The third-order valence-electron chi connectivity index (χ3n) is 2.50. The van der Waals surface area contributed by atoms with Crippen LogP contribution < -0.4 is 9.88 Å². The van der Waals surface area contributed by atoms with Crippen molar-refractivity contribution in [3.05, 3.63) is 36.4 Å². The first-order chi connectivity index (χ1) is 8.39. The van der Waals surface area contributed by atoms with Gasteiger partial charge in [0.25, 0.3) is 0 Å². The monoisotopic (exact) mass is 265 g/mol. The van der Waals surface area contributed by atoms with Gasteiger partial charge in [0.1, 0.15) is 10.6 Å². The second kappa shape index (κ2) is 4.59. The Labute approximate surface area is 106 Å². The fourth-order valence-corrected chi connectivity index (χ4v) is 2.48. The summed E-state index contributed by atoms with van der Waals surface area (Å²) in [6.45, 7) is 3.68. The molecule has 2 aromatic rings. The molecule has 0 unspecified atom stereocenters. The quantitative estimate of drug-likeness (QED) is 0.925. The van der Waals surface area contributed by atoms with Gasteiger partial charge in [-0.05, 0) is 25.3 Å². The van der Waals surface area contributed by atoms with Crippen LogP contribution in [0.25, 0.3) is 10.8 Å². The van der Waals surface area contributed by atoms with E-state index >= 15 is 0 Å². The summed E-state index contributed by atoms with van der Waals surface area (Å²) in [5.41, 5.74) is 0. The van der Waals surface area contributed by atoms with E-state index in [9.17, 15) is 8.42 Å². The molecule has 96 valence electrons. The van der Waals surface area contributed by atoms with Gasteiger partial charge in [-0.3, -0.25) is 0 Å². The van der Waals surface area contributed by atoms with Crippen LogP contribution in [0, 0.1) is 0 Å². The molecule has 0 aromatic heterocycles. The molecule has 0 fully saturated rings. The summed E-state index contributed by atoms with van der Waals surface area (Å²) in [7, 11) is -3.80. The van der Waals surface area contributed by atoms with Crippen molar-refractivity contribution in [3.63, 3.8) is 0 Å². The lowest BCUT2D eigenvalue weighted by molar-refractivity contribution is 0.239. The average molecular weight is 265 g/mol. The minimum absolute atomic E-state index is 0.0231.